The van der Waals surface area contributed by atoms with Crippen molar-refractivity contribution >= 4 is 43.7 Å². The molecule has 0 fully saturated rings. The van der Waals surface area contributed by atoms with Gasteiger partial charge in [-0.15, -0.1) is 0 Å². The normalized spacial score (nSPS) is 10.3. The largest absolute Gasteiger partial charge is 0.481 e. The van der Waals surface area contributed by atoms with E-state index in [1.165, 1.54) is 12.1 Å². The molecule has 0 unspecified atom stereocenters. The van der Waals surface area contributed by atoms with Crippen molar-refractivity contribution in [3.05, 3.63) is 50.9 Å². The molecule has 6 nitrogen and oxygen atoms in total. The van der Waals surface area contributed by atoms with Crippen molar-refractivity contribution in [2.24, 2.45) is 7.05 Å². The standard InChI is InChI=1S/C14H12Br2FN3O3/c1-20-6-9(16)5-11(20)14(22)19-18-13(21)7-23-12-3-2-8(15)4-10(12)17/h2-6H,7H2,1H3,(H,18,21)(H,19,22). The van der Waals surface area contributed by atoms with Crippen molar-refractivity contribution in [3.63, 3.8) is 0 Å². The van der Waals surface area contributed by atoms with E-state index in [2.05, 4.69) is 42.7 Å². The fraction of sp³-hybridized carbons (Fsp3) is 0.143. The second-order valence-corrected chi connectivity index (χ2v) is 6.35. The number of nitrogens with one attached hydrogen (secondary N) is 2. The number of benzene rings is 1. The van der Waals surface area contributed by atoms with E-state index in [0.29, 0.717) is 10.2 Å². The average Bonchev–Trinajstić information content (AvgIpc) is 2.82. The van der Waals surface area contributed by atoms with Crippen LogP contribution in [0.1, 0.15) is 10.5 Å². The van der Waals surface area contributed by atoms with Crippen LogP contribution in [-0.4, -0.2) is 23.0 Å². The smallest absolute Gasteiger partial charge is 0.286 e. The molecule has 0 spiro atoms. The van der Waals surface area contributed by atoms with Gasteiger partial charge in [0, 0.05) is 22.2 Å². The molecule has 2 amide bonds. The maximum atomic E-state index is 13.5. The summed E-state index contributed by atoms with van der Waals surface area (Å²) in [6, 6.07) is 5.82. The summed E-state index contributed by atoms with van der Waals surface area (Å²) in [5.74, 6) is -1.75. The Bertz CT molecular complexity index is 749. The van der Waals surface area contributed by atoms with Gasteiger partial charge in [0.15, 0.2) is 18.2 Å². The molecule has 1 aromatic carbocycles. The SMILES string of the molecule is Cn1cc(Br)cc1C(=O)NNC(=O)COc1ccc(Br)cc1F. The van der Waals surface area contributed by atoms with Gasteiger partial charge in [0.1, 0.15) is 5.69 Å². The molecule has 0 aliphatic carbocycles. The molecule has 0 aliphatic heterocycles. The van der Waals surface area contributed by atoms with E-state index in [9.17, 15) is 14.0 Å². The molecular formula is C14H12Br2FN3O3. The first-order valence-corrected chi connectivity index (χ1v) is 7.94. The predicted octanol–water partition coefficient (Wildman–Crippen LogP) is 2.53. The topological polar surface area (TPSA) is 72.4 Å². The van der Waals surface area contributed by atoms with Crippen LogP contribution < -0.4 is 15.6 Å². The monoisotopic (exact) mass is 447 g/mol. The summed E-state index contributed by atoms with van der Waals surface area (Å²) >= 11 is 6.37. The lowest BCUT2D eigenvalue weighted by molar-refractivity contribution is -0.123. The number of hydrogen-bond donors (Lipinski definition) is 2. The summed E-state index contributed by atoms with van der Waals surface area (Å²) < 4.78 is 21.5. The lowest BCUT2D eigenvalue weighted by atomic mass is 10.3. The molecule has 2 rings (SSSR count). The average molecular weight is 449 g/mol. The molecule has 0 radical (unpaired) electrons. The highest BCUT2D eigenvalue weighted by molar-refractivity contribution is 9.10. The van der Waals surface area contributed by atoms with E-state index < -0.39 is 24.2 Å². The zero-order valence-electron chi connectivity index (χ0n) is 11.9. The Labute approximate surface area is 148 Å². The van der Waals surface area contributed by atoms with Gasteiger partial charge in [-0.3, -0.25) is 20.4 Å². The van der Waals surface area contributed by atoms with Crippen molar-refractivity contribution in [2.75, 3.05) is 6.61 Å². The van der Waals surface area contributed by atoms with Gasteiger partial charge < -0.3 is 9.30 Å². The van der Waals surface area contributed by atoms with Crippen molar-refractivity contribution < 1.29 is 18.7 Å². The minimum atomic E-state index is -0.617. The van der Waals surface area contributed by atoms with Crippen LogP contribution in [0.5, 0.6) is 5.75 Å². The quantitative estimate of drug-likeness (QED) is 0.706. The second-order valence-electron chi connectivity index (χ2n) is 4.52. The maximum Gasteiger partial charge on any atom is 0.286 e. The van der Waals surface area contributed by atoms with Crippen LogP contribution >= 0.6 is 31.9 Å². The number of carbonyl (C=O) groups excluding carboxylic acids is 2. The Balaban J connectivity index is 1.83. The highest BCUT2D eigenvalue weighted by Gasteiger charge is 2.12. The molecule has 2 aromatic rings. The first-order valence-electron chi connectivity index (χ1n) is 6.35. The van der Waals surface area contributed by atoms with E-state index in [-0.39, 0.29) is 5.75 Å². The Morgan fingerprint density at radius 3 is 2.57 bits per heavy atom. The molecule has 0 aliphatic rings. The summed E-state index contributed by atoms with van der Waals surface area (Å²) in [5.41, 5.74) is 4.80. The fourth-order valence-electron chi connectivity index (χ4n) is 1.71. The Hall–Kier alpha value is -1.87. The summed E-state index contributed by atoms with van der Waals surface area (Å²) in [6.45, 7) is -0.435. The van der Waals surface area contributed by atoms with Crippen LogP contribution in [0, 0.1) is 5.82 Å². The van der Waals surface area contributed by atoms with Crippen molar-refractivity contribution in [1.29, 1.82) is 0 Å². The third kappa shape index (κ3) is 4.80. The molecule has 9 heteroatoms. The maximum absolute atomic E-state index is 13.5. The number of nitrogens with zero attached hydrogens (tertiary/aromatic N) is 1. The number of ether oxygens (including phenoxy) is 1. The molecule has 0 atom stereocenters. The minimum absolute atomic E-state index is 0.0546. The zero-order chi connectivity index (χ0) is 17.0. The molecule has 0 bridgehead atoms. The Morgan fingerprint density at radius 1 is 1.22 bits per heavy atom. The van der Waals surface area contributed by atoms with Gasteiger partial charge in [-0.05, 0) is 40.2 Å². The van der Waals surface area contributed by atoms with Crippen molar-refractivity contribution in [3.8, 4) is 5.75 Å². The van der Waals surface area contributed by atoms with Gasteiger partial charge in [0.25, 0.3) is 11.8 Å². The second kappa shape index (κ2) is 7.60. The summed E-state index contributed by atoms with van der Waals surface area (Å²) in [5, 5.41) is 0. The molecule has 0 saturated heterocycles. The van der Waals surface area contributed by atoms with Gasteiger partial charge in [0.05, 0.1) is 0 Å². The lowest BCUT2D eigenvalue weighted by Crippen LogP contribution is -2.44. The van der Waals surface area contributed by atoms with Gasteiger partial charge in [-0.2, -0.15) is 0 Å². The number of halogens is 3. The molecular weight excluding hydrogens is 437 g/mol. The molecule has 0 saturated carbocycles. The van der Waals surface area contributed by atoms with E-state index in [4.69, 9.17) is 4.74 Å². The van der Waals surface area contributed by atoms with E-state index in [1.807, 2.05) is 0 Å². The van der Waals surface area contributed by atoms with Gasteiger partial charge in [0.2, 0.25) is 0 Å². The first kappa shape index (κ1) is 17.5. The van der Waals surface area contributed by atoms with Crippen LogP contribution in [0.3, 0.4) is 0 Å². The number of aromatic nitrogens is 1. The first-order chi connectivity index (χ1) is 10.9. The van der Waals surface area contributed by atoms with Crippen LogP contribution in [0.2, 0.25) is 0 Å². The van der Waals surface area contributed by atoms with Crippen molar-refractivity contribution in [2.45, 2.75) is 0 Å². The number of amides is 2. The Kier molecular flexibility index (Phi) is 5.78. The van der Waals surface area contributed by atoms with Gasteiger partial charge >= 0.3 is 0 Å². The minimum Gasteiger partial charge on any atom is -0.481 e. The van der Waals surface area contributed by atoms with Crippen LogP contribution in [0.4, 0.5) is 4.39 Å². The third-order valence-electron chi connectivity index (χ3n) is 2.77. The number of carbonyl (C=O) groups is 2. The van der Waals surface area contributed by atoms with E-state index >= 15 is 0 Å². The molecule has 1 heterocycles. The zero-order valence-corrected chi connectivity index (χ0v) is 15.1. The van der Waals surface area contributed by atoms with Gasteiger partial charge in [-0.1, -0.05) is 15.9 Å². The van der Waals surface area contributed by atoms with E-state index in [0.717, 1.165) is 4.47 Å². The van der Waals surface area contributed by atoms with Crippen LogP contribution in [0.25, 0.3) is 0 Å². The number of hydrogen-bond acceptors (Lipinski definition) is 3. The summed E-state index contributed by atoms with van der Waals surface area (Å²) in [4.78, 5) is 23.5. The molecule has 1 aromatic heterocycles. The molecule has 122 valence electrons. The predicted molar refractivity (Wildman–Crippen MR) is 88.3 cm³/mol. The summed E-state index contributed by atoms with van der Waals surface area (Å²) in [6.07, 6.45) is 1.70. The highest BCUT2D eigenvalue weighted by Crippen LogP contribution is 2.21. The molecule has 23 heavy (non-hydrogen) atoms. The molecule has 2 N–H and O–H groups in total. The highest BCUT2D eigenvalue weighted by atomic mass is 79.9. The van der Waals surface area contributed by atoms with Gasteiger partial charge in [-0.25, -0.2) is 4.39 Å². The Morgan fingerprint density at radius 2 is 1.96 bits per heavy atom. The van der Waals surface area contributed by atoms with Crippen LogP contribution in [0.15, 0.2) is 39.4 Å². The van der Waals surface area contributed by atoms with E-state index in [1.54, 1.807) is 29.9 Å². The number of aryl methyl sites for hydroxylation is 1. The number of hydrazine groups is 1. The third-order valence-corrected chi connectivity index (χ3v) is 3.70. The summed E-state index contributed by atoms with van der Waals surface area (Å²) in [7, 11) is 1.70. The van der Waals surface area contributed by atoms with Crippen LogP contribution in [-0.2, 0) is 11.8 Å². The lowest BCUT2D eigenvalue weighted by Gasteiger charge is -2.09. The number of rotatable bonds is 4. The fourth-order valence-corrected chi connectivity index (χ4v) is 2.57. The van der Waals surface area contributed by atoms with Crippen molar-refractivity contribution in [1.82, 2.24) is 15.4 Å².